The van der Waals surface area contributed by atoms with Gasteiger partial charge in [-0.3, -0.25) is 4.90 Å². The molecule has 0 spiro atoms. The molecule has 0 unspecified atom stereocenters. The van der Waals surface area contributed by atoms with E-state index in [1.54, 1.807) is 0 Å². The largest absolute Gasteiger partial charge is 0.301 e. The summed E-state index contributed by atoms with van der Waals surface area (Å²) in [6, 6.07) is 0. The molecule has 1 aliphatic rings. The fraction of sp³-hybridized carbons (Fsp3) is 1.00. The number of nitrogens with zero attached hydrogens (tertiary/aromatic N) is 2. The van der Waals surface area contributed by atoms with Gasteiger partial charge in [-0.25, -0.2) is 0 Å². The highest BCUT2D eigenvalue weighted by Gasteiger charge is 2.14. The van der Waals surface area contributed by atoms with Gasteiger partial charge in [-0.15, -0.1) is 36.4 Å². The van der Waals surface area contributed by atoms with Crippen molar-refractivity contribution in [1.29, 1.82) is 0 Å². The third-order valence-electron chi connectivity index (χ3n) is 2.41. The molecule has 0 aliphatic carbocycles. The van der Waals surface area contributed by atoms with Crippen molar-refractivity contribution in [2.24, 2.45) is 0 Å². The zero-order valence-electron chi connectivity index (χ0n) is 8.75. The van der Waals surface area contributed by atoms with Gasteiger partial charge in [0.05, 0.1) is 0 Å². The monoisotopic (exact) mass is 262 g/mol. The van der Waals surface area contributed by atoms with Crippen LogP contribution in [0.3, 0.4) is 0 Å². The normalized spacial score (nSPS) is 18.4. The smallest absolute Gasteiger partial charge is 0.0351 e. The van der Waals surface area contributed by atoms with Crippen LogP contribution in [0.25, 0.3) is 0 Å². The summed E-state index contributed by atoms with van der Waals surface area (Å²) in [5.74, 6) is 0.772. The zero-order chi connectivity index (χ0) is 8.81. The number of hydrogen-bond acceptors (Lipinski definition) is 2. The Morgan fingerprint density at radius 1 is 0.929 bits per heavy atom. The van der Waals surface area contributed by atoms with Crippen LogP contribution in [0.5, 0.6) is 0 Å². The molecular formula is C9H21Cl3N2. The highest BCUT2D eigenvalue weighted by Crippen LogP contribution is 2.01. The van der Waals surface area contributed by atoms with Gasteiger partial charge in [0.1, 0.15) is 0 Å². The Hall–Kier alpha value is 0.790. The van der Waals surface area contributed by atoms with Crippen molar-refractivity contribution < 1.29 is 0 Å². The number of hydrogen-bond donors (Lipinski definition) is 0. The van der Waals surface area contributed by atoms with Crippen molar-refractivity contribution in [2.75, 3.05) is 45.1 Å². The maximum Gasteiger partial charge on any atom is 0.0351 e. The van der Waals surface area contributed by atoms with Gasteiger partial charge in [-0.05, 0) is 13.0 Å². The highest BCUT2D eigenvalue weighted by molar-refractivity contribution is 6.18. The van der Waals surface area contributed by atoms with E-state index in [1.807, 2.05) is 0 Å². The highest BCUT2D eigenvalue weighted by atomic mass is 35.5. The first-order chi connectivity index (χ1) is 5.86. The van der Waals surface area contributed by atoms with Crippen LogP contribution >= 0.6 is 36.4 Å². The summed E-state index contributed by atoms with van der Waals surface area (Å²) in [6.45, 7) is 9.41. The second-order valence-corrected chi connectivity index (χ2v) is 3.75. The van der Waals surface area contributed by atoms with Crippen LogP contribution in [0.2, 0.25) is 0 Å². The lowest BCUT2D eigenvalue weighted by Gasteiger charge is -2.34. The predicted molar refractivity (Wildman–Crippen MR) is 68.4 cm³/mol. The van der Waals surface area contributed by atoms with Gasteiger partial charge in [0.2, 0.25) is 0 Å². The van der Waals surface area contributed by atoms with Crippen LogP contribution in [-0.4, -0.2) is 54.9 Å². The van der Waals surface area contributed by atoms with Gasteiger partial charge < -0.3 is 4.90 Å². The van der Waals surface area contributed by atoms with E-state index in [2.05, 4.69) is 16.7 Å². The molecule has 0 aromatic heterocycles. The van der Waals surface area contributed by atoms with Gasteiger partial charge in [0, 0.05) is 38.6 Å². The summed E-state index contributed by atoms with van der Waals surface area (Å²) in [5.41, 5.74) is 0. The van der Waals surface area contributed by atoms with Crippen LogP contribution < -0.4 is 0 Å². The SMILES string of the molecule is CCCN1CCN(CCCl)CC1.Cl.Cl. The van der Waals surface area contributed by atoms with E-state index in [-0.39, 0.29) is 24.8 Å². The van der Waals surface area contributed by atoms with Crippen molar-refractivity contribution in [3.63, 3.8) is 0 Å². The standard InChI is InChI=1S/C9H19ClN2.2ClH/c1-2-4-11-6-8-12(5-3-10)9-7-11;;/h2-9H2,1H3;2*1H. The first kappa shape index (κ1) is 17.2. The lowest BCUT2D eigenvalue weighted by molar-refractivity contribution is 0.138. The van der Waals surface area contributed by atoms with Gasteiger partial charge in [0.15, 0.2) is 0 Å². The molecule has 1 heterocycles. The molecule has 0 saturated carbocycles. The summed E-state index contributed by atoms with van der Waals surface area (Å²) in [4.78, 5) is 4.98. The fourth-order valence-electron chi connectivity index (χ4n) is 1.67. The molecule has 0 bridgehead atoms. The van der Waals surface area contributed by atoms with Crippen molar-refractivity contribution in [3.8, 4) is 0 Å². The second kappa shape index (κ2) is 10.3. The Morgan fingerprint density at radius 3 is 1.71 bits per heavy atom. The molecule has 0 N–H and O–H groups in total. The number of piperazine rings is 1. The molecule has 1 aliphatic heterocycles. The summed E-state index contributed by atoms with van der Waals surface area (Å²) in [6.07, 6.45) is 1.27. The molecule has 1 rings (SSSR count). The maximum absolute atomic E-state index is 5.68. The van der Waals surface area contributed by atoms with Crippen LogP contribution in [0.1, 0.15) is 13.3 Å². The van der Waals surface area contributed by atoms with Crippen LogP contribution in [0, 0.1) is 0 Å². The molecule has 2 nitrogen and oxygen atoms in total. The van der Waals surface area contributed by atoms with Gasteiger partial charge in [0.25, 0.3) is 0 Å². The Kier molecular flexibility index (Phi) is 12.7. The average molecular weight is 264 g/mol. The quantitative estimate of drug-likeness (QED) is 0.717. The molecule has 0 atom stereocenters. The number of rotatable bonds is 4. The van der Waals surface area contributed by atoms with Crippen molar-refractivity contribution >= 4 is 36.4 Å². The molecule has 88 valence electrons. The Labute approximate surface area is 105 Å². The molecule has 0 aromatic carbocycles. The van der Waals surface area contributed by atoms with Crippen molar-refractivity contribution in [3.05, 3.63) is 0 Å². The summed E-state index contributed by atoms with van der Waals surface area (Å²) in [5, 5.41) is 0. The number of halogens is 3. The van der Waals surface area contributed by atoms with Gasteiger partial charge in [-0.2, -0.15) is 0 Å². The van der Waals surface area contributed by atoms with E-state index < -0.39 is 0 Å². The molecule has 0 amide bonds. The fourth-order valence-corrected chi connectivity index (χ4v) is 1.91. The summed E-state index contributed by atoms with van der Waals surface area (Å²) in [7, 11) is 0. The summed E-state index contributed by atoms with van der Waals surface area (Å²) < 4.78 is 0. The van der Waals surface area contributed by atoms with E-state index in [0.717, 1.165) is 12.4 Å². The topological polar surface area (TPSA) is 6.48 Å². The van der Waals surface area contributed by atoms with E-state index in [0.29, 0.717) is 0 Å². The first-order valence-corrected chi connectivity index (χ1v) is 5.41. The maximum atomic E-state index is 5.68. The molecule has 5 heteroatoms. The van der Waals surface area contributed by atoms with Crippen LogP contribution in [0.15, 0.2) is 0 Å². The minimum Gasteiger partial charge on any atom is -0.301 e. The Morgan fingerprint density at radius 2 is 1.36 bits per heavy atom. The molecule has 1 saturated heterocycles. The predicted octanol–water partition coefficient (Wildman–Crippen LogP) is 2.10. The first-order valence-electron chi connectivity index (χ1n) is 4.87. The van der Waals surface area contributed by atoms with E-state index in [4.69, 9.17) is 11.6 Å². The number of alkyl halides is 1. The van der Waals surface area contributed by atoms with Crippen LogP contribution in [-0.2, 0) is 0 Å². The lowest BCUT2D eigenvalue weighted by Crippen LogP contribution is -2.46. The average Bonchev–Trinajstić information content (AvgIpc) is 2.09. The van der Waals surface area contributed by atoms with E-state index in [9.17, 15) is 0 Å². The Bertz CT molecular complexity index is 103. The third kappa shape index (κ3) is 6.31. The molecule has 0 radical (unpaired) electrons. The lowest BCUT2D eigenvalue weighted by atomic mass is 10.3. The second-order valence-electron chi connectivity index (χ2n) is 3.37. The Balaban J connectivity index is 0. The van der Waals surface area contributed by atoms with Gasteiger partial charge in [-0.1, -0.05) is 6.92 Å². The molecule has 1 fully saturated rings. The zero-order valence-corrected chi connectivity index (χ0v) is 11.1. The molecule has 14 heavy (non-hydrogen) atoms. The molecular weight excluding hydrogens is 242 g/mol. The minimum absolute atomic E-state index is 0. The molecule has 0 aromatic rings. The van der Waals surface area contributed by atoms with Crippen molar-refractivity contribution in [2.45, 2.75) is 13.3 Å². The third-order valence-corrected chi connectivity index (χ3v) is 2.57. The van der Waals surface area contributed by atoms with E-state index >= 15 is 0 Å². The van der Waals surface area contributed by atoms with Gasteiger partial charge >= 0.3 is 0 Å². The summed E-state index contributed by atoms with van der Waals surface area (Å²) >= 11 is 5.68. The van der Waals surface area contributed by atoms with E-state index in [1.165, 1.54) is 39.1 Å². The minimum atomic E-state index is 0. The van der Waals surface area contributed by atoms with Crippen molar-refractivity contribution in [1.82, 2.24) is 9.80 Å². The van der Waals surface area contributed by atoms with Crippen LogP contribution in [0.4, 0.5) is 0 Å².